The van der Waals surface area contributed by atoms with Crippen molar-refractivity contribution in [1.29, 1.82) is 0 Å². The second-order valence-electron chi connectivity index (χ2n) is 9.20. The van der Waals surface area contributed by atoms with Gasteiger partial charge < -0.3 is 0 Å². The fourth-order valence-corrected chi connectivity index (χ4v) is 7.10. The van der Waals surface area contributed by atoms with E-state index in [0.717, 1.165) is 29.6 Å². The largest absolute Gasteiger partial charge is 0.0847 e. The quantitative estimate of drug-likeness (QED) is 0.437. The number of fused-ring (bicyclic) bond motifs is 5. The third kappa shape index (κ3) is 2.60. The molecule has 0 spiro atoms. The van der Waals surface area contributed by atoms with E-state index in [0.29, 0.717) is 5.41 Å². The molecular formula is C24H29Br. The molecule has 0 amide bonds. The lowest BCUT2D eigenvalue weighted by Gasteiger charge is -2.51. The van der Waals surface area contributed by atoms with Crippen LogP contribution in [0, 0.1) is 29.1 Å². The number of allylic oxidation sites excluding steroid dienone is 4. The third-order valence-electron chi connectivity index (χ3n) is 8.00. The van der Waals surface area contributed by atoms with Crippen LogP contribution in [0.2, 0.25) is 0 Å². The Morgan fingerprint density at radius 2 is 1.92 bits per heavy atom. The highest BCUT2D eigenvalue weighted by Crippen LogP contribution is 2.60. The summed E-state index contributed by atoms with van der Waals surface area (Å²) in [5, 5.41) is 0. The summed E-state index contributed by atoms with van der Waals surface area (Å²) in [6.07, 6.45) is 17.7. The van der Waals surface area contributed by atoms with Gasteiger partial charge in [-0.1, -0.05) is 65.2 Å². The van der Waals surface area contributed by atoms with Gasteiger partial charge in [0.1, 0.15) is 0 Å². The van der Waals surface area contributed by atoms with Gasteiger partial charge >= 0.3 is 0 Å². The summed E-state index contributed by atoms with van der Waals surface area (Å²) in [4.78, 5) is 0. The van der Waals surface area contributed by atoms with Crippen LogP contribution in [0.3, 0.4) is 0 Å². The first-order valence-electron chi connectivity index (χ1n) is 10.3. The van der Waals surface area contributed by atoms with E-state index in [9.17, 15) is 0 Å². The van der Waals surface area contributed by atoms with Crippen LogP contribution in [-0.2, 0) is 0 Å². The molecule has 4 aliphatic carbocycles. The highest BCUT2D eigenvalue weighted by Gasteiger charge is 2.50. The lowest BCUT2D eigenvalue weighted by atomic mass is 9.53. The van der Waals surface area contributed by atoms with Gasteiger partial charge in [0, 0.05) is 4.47 Å². The van der Waals surface area contributed by atoms with E-state index in [4.69, 9.17) is 0 Å². The van der Waals surface area contributed by atoms with Gasteiger partial charge in [0.2, 0.25) is 0 Å². The molecule has 1 unspecified atom stereocenters. The zero-order chi connectivity index (χ0) is 17.0. The topological polar surface area (TPSA) is 0 Å². The molecule has 2 saturated carbocycles. The number of halogens is 1. The van der Waals surface area contributed by atoms with Crippen LogP contribution in [0.5, 0.6) is 0 Å². The summed E-state index contributed by atoms with van der Waals surface area (Å²) in [7, 11) is 0. The van der Waals surface area contributed by atoms with Crippen LogP contribution >= 0.6 is 15.9 Å². The molecule has 0 aliphatic heterocycles. The first-order valence-corrected chi connectivity index (χ1v) is 11.1. The number of hydrogen-bond donors (Lipinski definition) is 0. The fourth-order valence-electron chi connectivity index (χ4n) is 6.83. The summed E-state index contributed by atoms with van der Waals surface area (Å²) in [5.41, 5.74) is 3.84. The van der Waals surface area contributed by atoms with E-state index < -0.39 is 0 Å². The summed E-state index contributed by atoms with van der Waals surface area (Å²) < 4.78 is 1.20. The molecule has 2 fully saturated rings. The summed E-state index contributed by atoms with van der Waals surface area (Å²) in [6, 6.07) is 9.21. The Bertz CT molecular complexity index is 712. The Morgan fingerprint density at radius 1 is 1.08 bits per heavy atom. The molecule has 1 aromatic rings. The van der Waals surface area contributed by atoms with E-state index in [2.05, 4.69) is 65.3 Å². The van der Waals surface area contributed by atoms with Gasteiger partial charge in [-0.15, -0.1) is 0 Å². The maximum absolute atomic E-state index is 3.61. The minimum atomic E-state index is 0.494. The van der Waals surface area contributed by atoms with Crippen LogP contribution in [0.1, 0.15) is 63.4 Å². The molecule has 6 atom stereocenters. The summed E-state index contributed by atoms with van der Waals surface area (Å²) >= 11 is 3.61. The highest BCUT2D eigenvalue weighted by molar-refractivity contribution is 9.10. The van der Waals surface area contributed by atoms with Crippen LogP contribution in [0.4, 0.5) is 0 Å². The van der Waals surface area contributed by atoms with E-state index in [-0.39, 0.29) is 0 Å². The van der Waals surface area contributed by atoms with E-state index in [1.165, 1.54) is 49.4 Å². The van der Waals surface area contributed by atoms with Crippen molar-refractivity contribution >= 4 is 15.9 Å². The molecule has 1 aromatic carbocycles. The van der Waals surface area contributed by atoms with E-state index >= 15 is 0 Å². The third-order valence-corrected chi connectivity index (χ3v) is 8.52. The van der Waals surface area contributed by atoms with Crippen LogP contribution in [0.25, 0.3) is 0 Å². The van der Waals surface area contributed by atoms with Crippen LogP contribution < -0.4 is 0 Å². The monoisotopic (exact) mass is 396 g/mol. The predicted molar refractivity (Wildman–Crippen MR) is 108 cm³/mol. The molecule has 5 rings (SSSR count). The molecule has 0 aromatic heterocycles. The normalized spacial score (nSPS) is 42.3. The second kappa shape index (κ2) is 6.12. The molecule has 0 nitrogen and oxygen atoms in total. The Morgan fingerprint density at radius 3 is 2.76 bits per heavy atom. The van der Waals surface area contributed by atoms with Crippen molar-refractivity contribution in [3.05, 3.63) is 58.1 Å². The van der Waals surface area contributed by atoms with Crippen LogP contribution in [0.15, 0.2) is 52.5 Å². The Balaban J connectivity index is 1.53. The molecule has 132 valence electrons. The molecule has 4 aliphatic rings. The van der Waals surface area contributed by atoms with E-state index in [1.54, 1.807) is 11.1 Å². The van der Waals surface area contributed by atoms with Crippen molar-refractivity contribution in [2.45, 2.75) is 57.8 Å². The van der Waals surface area contributed by atoms with Gasteiger partial charge in [-0.25, -0.2) is 0 Å². The zero-order valence-electron chi connectivity index (χ0n) is 15.3. The van der Waals surface area contributed by atoms with Crippen molar-refractivity contribution in [1.82, 2.24) is 0 Å². The maximum atomic E-state index is 3.61. The highest BCUT2D eigenvalue weighted by atomic mass is 79.9. The lowest BCUT2D eigenvalue weighted by Crippen LogP contribution is -2.42. The van der Waals surface area contributed by atoms with Gasteiger partial charge in [0.05, 0.1) is 0 Å². The van der Waals surface area contributed by atoms with Crippen molar-refractivity contribution in [3.8, 4) is 0 Å². The lowest BCUT2D eigenvalue weighted by molar-refractivity contribution is 0.100. The predicted octanol–water partition coefficient (Wildman–Crippen LogP) is 7.27. The molecular weight excluding hydrogens is 368 g/mol. The maximum Gasteiger partial charge on any atom is 0.0175 e. The van der Waals surface area contributed by atoms with Crippen molar-refractivity contribution in [2.75, 3.05) is 0 Å². The van der Waals surface area contributed by atoms with Gasteiger partial charge in [0.25, 0.3) is 0 Å². The molecule has 0 heterocycles. The van der Waals surface area contributed by atoms with E-state index in [1.807, 2.05) is 0 Å². The van der Waals surface area contributed by atoms with Crippen molar-refractivity contribution < 1.29 is 0 Å². The molecule has 0 bridgehead atoms. The second-order valence-corrected chi connectivity index (χ2v) is 10.1. The van der Waals surface area contributed by atoms with Gasteiger partial charge in [-0.2, -0.15) is 0 Å². The molecule has 0 N–H and O–H groups in total. The fraction of sp³-hybridized carbons (Fsp3) is 0.583. The summed E-state index contributed by atoms with van der Waals surface area (Å²) in [6.45, 7) is 2.53. The van der Waals surface area contributed by atoms with Crippen molar-refractivity contribution in [3.63, 3.8) is 0 Å². The first kappa shape index (κ1) is 16.4. The van der Waals surface area contributed by atoms with Gasteiger partial charge in [-0.05, 0) is 91.2 Å². The molecule has 1 heteroatoms. The SMILES string of the molecule is C[C@]12C=C[C@H]3[C@@H](CC=C4CCCC(c5ccc(Br)cc5)[C@@H]43)[C@@H]1CCC2. The van der Waals surface area contributed by atoms with Crippen molar-refractivity contribution in [2.24, 2.45) is 29.1 Å². The zero-order valence-corrected chi connectivity index (χ0v) is 16.8. The van der Waals surface area contributed by atoms with Gasteiger partial charge in [-0.3, -0.25) is 0 Å². The smallest absolute Gasteiger partial charge is 0.0175 e. The summed E-state index contributed by atoms with van der Waals surface area (Å²) in [5.74, 6) is 4.08. The average Bonchev–Trinajstić information content (AvgIpc) is 3.03. The standard InChI is InChI=1S/C24H29Br/c1-24-14-3-6-22(24)20-12-9-17-4-2-5-19(23(17)21(20)13-15-24)16-7-10-18(25)11-8-16/h7-11,13,15,19-23H,2-6,12,14H2,1H3/t19?,20-,21+,22+,23-,24+/m1/s1. The number of hydrogen-bond acceptors (Lipinski definition) is 0. The first-order chi connectivity index (χ1) is 12.2. The molecule has 25 heavy (non-hydrogen) atoms. The Kier molecular flexibility index (Phi) is 4.00. The molecule has 0 saturated heterocycles. The average molecular weight is 397 g/mol. The number of benzene rings is 1. The minimum Gasteiger partial charge on any atom is -0.0847 e. The Hall–Kier alpha value is -0.820. The molecule has 0 radical (unpaired) electrons. The number of rotatable bonds is 1. The Labute approximate surface area is 160 Å². The van der Waals surface area contributed by atoms with Gasteiger partial charge in [0.15, 0.2) is 0 Å². The van der Waals surface area contributed by atoms with Crippen LogP contribution in [-0.4, -0.2) is 0 Å². The minimum absolute atomic E-state index is 0.494.